The molecule has 0 aliphatic heterocycles. The van der Waals surface area contributed by atoms with Crippen LogP contribution in [0.5, 0.6) is 11.5 Å². The van der Waals surface area contributed by atoms with Crippen LogP contribution in [0, 0.1) is 6.92 Å². The number of fused-ring (bicyclic) bond motifs is 1. The Kier molecular flexibility index (Phi) is 5.40. The zero-order valence-electron chi connectivity index (χ0n) is 16.7. The number of ketones is 1. The Balaban J connectivity index is 2.22. The van der Waals surface area contributed by atoms with E-state index in [1.165, 1.54) is 6.92 Å². The van der Waals surface area contributed by atoms with Crippen LogP contribution >= 0.6 is 0 Å². The van der Waals surface area contributed by atoms with Gasteiger partial charge in [-0.1, -0.05) is 6.07 Å². The second-order valence-corrected chi connectivity index (χ2v) is 6.40. The lowest BCUT2D eigenvalue weighted by molar-refractivity contribution is 0.0525. The third-order valence-corrected chi connectivity index (χ3v) is 4.69. The maximum Gasteiger partial charge on any atom is 0.338 e. The number of carbonyl (C=O) groups is 2. The van der Waals surface area contributed by atoms with E-state index in [9.17, 15) is 9.59 Å². The molecule has 0 amide bonds. The molecule has 0 unspecified atom stereocenters. The molecule has 0 saturated heterocycles. The van der Waals surface area contributed by atoms with Crippen LogP contribution in [0.1, 0.15) is 40.3 Å². The van der Waals surface area contributed by atoms with Crippen LogP contribution in [0.2, 0.25) is 0 Å². The summed E-state index contributed by atoms with van der Waals surface area (Å²) in [5.74, 6) is 0.701. The van der Waals surface area contributed by atoms with Gasteiger partial charge < -0.3 is 18.6 Å². The standard InChI is InChI=1S/C22H23NO5/c1-6-28-22(25)18-11-17-9-16(12-23(17)21(13(18)2)14(3)24)15-7-8-19(26-4)20(10-15)27-5/h7-12H,6H2,1-5H3. The summed E-state index contributed by atoms with van der Waals surface area (Å²) in [6.45, 7) is 5.28. The first-order chi connectivity index (χ1) is 13.4. The molecule has 146 valence electrons. The third-order valence-electron chi connectivity index (χ3n) is 4.69. The Morgan fingerprint density at radius 1 is 1.00 bits per heavy atom. The summed E-state index contributed by atoms with van der Waals surface area (Å²) in [5, 5.41) is 0. The van der Waals surface area contributed by atoms with Gasteiger partial charge in [0.25, 0.3) is 0 Å². The summed E-state index contributed by atoms with van der Waals surface area (Å²) in [6.07, 6.45) is 1.88. The Labute approximate surface area is 163 Å². The number of rotatable bonds is 6. The van der Waals surface area contributed by atoms with Gasteiger partial charge in [-0.25, -0.2) is 4.79 Å². The van der Waals surface area contributed by atoms with Crippen LogP contribution in [0.25, 0.3) is 16.6 Å². The van der Waals surface area contributed by atoms with Crippen molar-refractivity contribution >= 4 is 17.3 Å². The molecule has 3 rings (SSSR count). The predicted octanol–water partition coefficient (Wildman–Crippen LogP) is 4.31. The lowest BCUT2D eigenvalue weighted by atomic mass is 10.0. The Morgan fingerprint density at radius 2 is 1.71 bits per heavy atom. The van der Waals surface area contributed by atoms with E-state index in [4.69, 9.17) is 14.2 Å². The topological polar surface area (TPSA) is 66.2 Å². The van der Waals surface area contributed by atoms with E-state index in [1.807, 2.05) is 34.9 Å². The molecule has 0 aliphatic rings. The summed E-state index contributed by atoms with van der Waals surface area (Å²) in [5.41, 5.74) is 4.01. The number of Topliss-reactive ketones (excluding diaryl/α,β-unsaturated/α-hetero) is 1. The van der Waals surface area contributed by atoms with E-state index in [1.54, 1.807) is 34.1 Å². The minimum atomic E-state index is -0.432. The third kappa shape index (κ3) is 3.33. The van der Waals surface area contributed by atoms with Gasteiger partial charge >= 0.3 is 5.97 Å². The molecule has 3 aromatic rings. The van der Waals surface area contributed by atoms with Crippen LogP contribution in [0.4, 0.5) is 0 Å². The van der Waals surface area contributed by atoms with Gasteiger partial charge in [0.05, 0.1) is 32.1 Å². The van der Waals surface area contributed by atoms with Gasteiger partial charge in [-0.15, -0.1) is 0 Å². The van der Waals surface area contributed by atoms with Crippen molar-refractivity contribution in [2.24, 2.45) is 0 Å². The molecule has 6 heteroatoms. The number of benzene rings is 1. The second kappa shape index (κ2) is 7.76. The molecule has 0 radical (unpaired) electrons. The molecular weight excluding hydrogens is 358 g/mol. The Hall–Kier alpha value is -3.28. The van der Waals surface area contributed by atoms with Gasteiger partial charge in [0.2, 0.25) is 0 Å². The van der Waals surface area contributed by atoms with Crippen molar-refractivity contribution in [1.29, 1.82) is 0 Å². The largest absolute Gasteiger partial charge is 0.493 e. The number of nitrogens with zero attached hydrogens (tertiary/aromatic N) is 1. The molecule has 0 atom stereocenters. The molecular formula is C22H23NO5. The molecule has 0 N–H and O–H groups in total. The van der Waals surface area contributed by atoms with Crippen molar-refractivity contribution in [3.8, 4) is 22.6 Å². The smallest absolute Gasteiger partial charge is 0.338 e. The first-order valence-electron chi connectivity index (χ1n) is 8.97. The summed E-state index contributed by atoms with van der Waals surface area (Å²) in [7, 11) is 3.17. The average molecular weight is 381 g/mol. The Morgan fingerprint density at radius 3 is 2.32 bits per heavy atom. The number of methoxy groups -OCH3 is 2. The summed E-state index contributed by atoms with van der Waals surface area (Å²) in [6, 6.07) is 9.31. The molecule has 6 nitrogen and oxygen atoms in total. The minimum absolute atomic E-state index is 0.122. The van der Waals surface area contributed by atoms with Crippen molar-refractivity contribution in [2.75, 3.05) is 20.8 Å². The van der Waals surface area contributed by atoms with Crippen LogP contribution < -0.4 is 9.47 Å². The number of pyridine rings is 1. The number of esters is 1. The molecule has 0 bridgehead atoms. The average Bonchev–Trinajstić information content (AvgIpc) is 3.10. The van der Waals surface area contributed by atoms with Gasteiger partial charge in [-0.3, -0.25) is 4.79 Å². The quantitative estimate of drug-likeness (QED) is 0.470. The zero-order valence-corrected chi connectivity index (χ0v) is 16.7. The van der Waals surface area contributed by atoms with Gasteiger partial charge in [-0.2, -0.15) is 0 Å². The summed E-state index contributed by atoms with van der Waals surface area (Å²) in [4.78, 5) is 24.7. The fraction of sp³-hybridized carbons (Fsp3) is 0.273. The van der Waals surface area contributed by atoms with E-state index in [0.29, 0.717) is 28.3 Å². The van der Waals surface area contributed by atoms with E-state index < -0.39 is 5.97 Å². The highest BCUT2D eigenvalue weighted by molar-refractivity contribution is 6.01. The molecule has 0 spiro atoms. The maximum absolute atomic E-state index is 12.3. The highest BCUT2D eigenvalue weighted by Crippen LogP contribution is 2.34. The number of ether oxygens (including phenoxy) is 3. The number of aromatic nitrogens is 1. The van der Waals surface area contributed by atoms with E-state index in [-0.39, 0.29) is 12.4 Å². The van der Waals surface area contributed by atoms with Crippen molar-refractivity contribution in [1.82, 2.24) is 4.40 Å². The highest BCUT2D eigenvalue weighted by Gasteiger charge is 2.20. The normalized spacial score (nSPS) is 10.8. The maximum atomic E-state index is 12.3. The number of carbonyl (C=O) groups excluding carboxylic acids is 2. The fourth-order valence-corrected chi connectivity index (χ4v) is 3.38. The first-order valence-corrected chi connectivity index (χ1v) is 8.97. The van der Waals surface area contributed by atoms with Crippen molar-refractivity contribution in [2.45, 2.75) is 20.8 Å². The molecule has 1 aromatic carbocycles. The minimum Gasteiger partial charge on any atom is -0.493 e. The first kappa shape index (κ1) is 19.5. The van der Waals surface area contributed by atoms with E-state index >= 15 is 0 Å². The van der Waals surface area contributed by atoms with Crippen molar-refractivity contribution in [3.05, 3.63) is 53.3 Å². The fourth-order valence-electron chi connectivity index (χ4n) is 3.38. The zero-order chi connectivity index (χ0) is 20.4. The van der Waals surface area contributed by atoms with E-state index in [2.05, 4.69) is 0 Å². The predicted molar refractivity (Wildman–Crippen MR) is 107 cm³/mol. The second-order valence-electron chi connectivity index (χ2n) is 6.40. The summed E-state index contributed by atoms with van der Waals surface area (Å²) < 4.78 is 17.6. The Bertz CT molecular complexity index is 1060. The monoisotopic (exact) mass is 381 g/mol. The van der Waals surface area contributed by atoms with Gasteiger partial charge in [0.15, 0.2) is 17.3 Å². The molecule has 2 heterocycles. The number of hydrogen-bond acceptors (Lipinski definition) is 5. The SMILES string of the molecule is CCOC(=O)c1cc2cc(-c3ccc(OC)c(OC)c3)cn2c(C(C)=O)c1C. The number of hydrogen-bond donors (Lipinski definition) is 0. The van der Waals surface area contributed by atoms with Gasteiger partial charge in [0.1, 0.15) is 0 Å². The highest BCUT2D eigenvalue weighted by atomic mass is 16.5. The lowest BCUT2D eigenvalue weighted by Gasteiger charge is -2.12. The lowest BCUT2D eigenvalue weighted by Crippen LogP contribution is -2.13. The molecule has 2 aromatic heterocycles. The van der Waals surface area contributed by atoms with Crippen molar-refractivity contribution < 1.29 is 23.8 Å². The van der Waals surface area contributed by atoms with Crippen LogP contribution in [0.15, 0.2) is 36.5 Å². The molecule has 0 fully saturated rings. The molecule has 0 saturated carbocycles. The molecule has 0 aliphatic carbocycles. The summed E-state index contributed by atoms with van der Waals surface area (Å²) >= 11 is 0. The van der Waals surface area contributed by atoms with Gasteiger partial charge in [0, 0.05) is 24.2 Å². The molecule has 28 heavy (non-hydrogen) atoms. The van der Waals surface area contributed by atoms with Gasteiger partial charge in [-0.05, 0) is 49.2 Å². The van der Waals surface area contributed by atoms with Crippen LogP contribution in [-0.4, -0.2) is 37.0 Å². The van der Waals surface area contributed by atoms with Crippen molar-refractivity contribution in [3.63, 3.8) is 0 Å². The van der Waals surface area contributed by atoms with E-state index in [0.717, 1.165) is 16.6 Å². The van der Waals surface area contributed by atoms with Crippen LogP contribution in [0.3, 0.4) is 0 Å². The van der Waals surface area contributed by atoms with Crippen LogP contribution in [-0.2, 0) is 4.74 Å².